The summed E-state index contributed by atoms with van der Waals surface area (Å²) in [5.74, 6) is -0.0386. The van der Waals surface area contributed by atoms with Gasteiger partial charge in [0.15, 0.2) is 17.9 Å². The van der Waals surface area contributed by atoms with Crippen molar-refractivity contribution >= 4 is 41.0 Å². The van der Waals surface area contributed by atoms with Crippen molar-refractivity contribution < 1.29 is 14.4 Å². The first-order chi connectivity index (χ1) is 20.2. The molecule has 5 N–H and O–H groups in total. The van der Waals surface area contributed by atoms with Gasteiger partial charge in [0.25, 0.3) is 0 Å². The number of nitrogens with one attached hydrogen (secondary N) is 5. The van der Waals surface area contributed by atoms with Crippen molar-refractivity contribution in [1.29, 1.82) is 0 Å². The third-order valence-electron chi connectivity index (χ3n) is 8.11. The van der Waals surface area contributed by atoms with E-state index in [-0.39, 0.29) is 49.1 Å². The summed E-state index contributed by atoms with van der Waals surface area (Å²) >= 11 is 0. The van der Waals surface area contributed by atoms with Crippen LogP contribution in [0.4, 0.5) is 23.3 Å². The second-order valence-corrected chi connectivity index (χ2v) is 11.4. The average Bonchev–Trinajstić information content (AvgIpc) is 3.75. The van der Waals surface area contributed by atoms with E-state index in [1.54, 1.807) is 0 Å². The highest BCUT2D eigenvalue weighted by atomic mass is 16.2. The van der Waals surface area contributed by atoms with Gasteiger partial charge in [-0.25, -0.2) is 30.1 Å². The van der Waals surface area contributed by atoms with Gasteiger partial charge in [0.1, 0.15) is 5.69 Å². The first-order valence-electron chi connectivity index (χ1n) is 15.0. The van der Waals surface area contributed by atoms with Gasteiger partial charge in [-0.05, 0) is 38.5 Å². The molecule has 0 saturated carbocycles. The van der Waals surface area contributed by atoms with E-state index in [0.717, 1.165) is 77.8 Å². The minimum atomic E-state index is -0.663. The molecule has 4 aliphatic heterocycles. The highest BCUT2D eigenvalue weighted by molar-refractivity contribution is 5.98. The van der Waals surface area contributed by atoms with E-state index in [9.17, 15) is 14.4 Å². The number of carbonyl (C=O) groups is 3. The summed E-state index contributed by atoms with van der Waals surface area (Å²) in [6.07, 6.45) is 6.03. The minimum Gasteiger partial charge on any atom is -0.342 e. The maximum atomic E-state index is 13.0. The lowest BCUT2D eigenvalue weighted by molar-refractivity contribution is -0.126. The number of aromatic nitrogens is 2. The van der Waals surface area contributed by atoms with Crippen LogP contribution in [-0.4, -0.2) is 144 Å². The molecule has 16 nitrogen and oxygen atoms in total. The van der Waals surface area contributed by atoms with Gasteiger partial charge in [-0.1, -0.05) is 0 Å². The predicted molar refractivity (Wildman–Crippen MR) is 159 cm³/mol. The van der Waals surface area contributed by atoms with Crippen molar-refractivity contribution in [1.82, 2.24) is 45.3 Å². The van der Waals surface area contributed by atoms with Crippen molar-refractivity contribution in [2.45, 2.75) is 44.8 Å². The fourth-order valence-corrected chi connectivity index (χ4v) is 5.83. The Labute approximate surface area is 247 Å². The van der Waals surface area contributed by atoms with Crippen LogP contribution in [0.15, 0.2) is 0 Å². The molecule has 5 heterocycles. The Bertz CT molecular complexity index is 1120. The summed E-state index contributed by atoms with van der Waals surface area (Å²) in [6.45, 7) is 6.11. The summed E-state index contributed by atoms with van der Waals surface area (Å²) in [4.78, 5) is 47.7. The zero-order chi connectivity index (χ0) is 29.6. The standard InChI is InChI=1S/C26H45N13O3/c1-34(37-10-4-5-11-37)16-19(40)27-23-22-24(32-25(30-22)28-20(41)17-35(2)38-12-6-7-13-38)33-26(31-23)29-21(42)18-36(3)39-14-8-9-15-39/h25,30H,4-18H2,1-3H3,(H,28,41)(H3,27,29,31,32,33,40,42). The molecular formula is C26H45N13O3. The van der Waals surface area contributed by atoms with Crippen LogP contribution in [0.25, 0.3) is 0 Å². The van der Waals surface area contributed by atoms with Crippen molar-refractivity contribution in [3.05, 3.63) is 0 Å². The molecule has 0 aromatic carbocycles. The van der Waals surface area contributed by atoms with Gasteiger partial charge in [-0.3, -0.25) is 19.7 Å². The highest BCUT2D eigenvalue weighted by Crippen LogP contribution is 2.34. The average molecular weight is 588 g/mol. The fourth-order valence-electron chi connectivity index (χ4n) is 5.83. The Hall–Kier alpha value is -3.15. The molecule has 5 rings (SSSR count). The van der Waals surface area contributed by atoms with Crippen LogP contribution < -0.4 is 26.6 Å². The van der Waals surface area contributed by atoms with Gasteiger partial charge < -0.3 is 21.3 Å². The van der Waals surface area contributed by atoms with E-state index >= 15 is 0 Å². The number of hydrogen-bond acceptors (Lipinski definition) is 13. The minimum absolute atomic E-state index is 0.0619. The van der Waals surface area contributed by atoms with Crippen molar-refractivity contribution in [2.24, 2.45) is 0 Å². The van der Waals surface area contributed by atoms with Gasteiger partial charge in [-0.15, -0.1) is 0 Å². The second-order valence-electron chi connectivity index (χ2n) is 11.4. The highest BCUT2D eigenvalue weighted by Gasteiger charge is 2.30. The lowest BCUT2D eigenvalue weighted by Crippen LogP contribution is -2.49. The molecule has 0 aliphatic carbocycles. The Kier molecular flexibility index (Phi) is 10.0. The van der Waals surface area contributed by atoms with Crippen LogP contribution in [0, 0.1) is 0 Å². The van der Waals surface area contributed by atoms with Crippen molar-refractivity contribution in [3.8, 4) is 0 Å². The topological polar surface area (TPSA) is 157 Å². The smallest absolute Gasteiger partial charge is 0.242 e. The third-order valence-corrected chi connectivity index (χ3v) is 8.11. The van der Waals surface area contributed by atoms with Crippen LogP contribution in [-0.2, 0) is 14.4 Å². The lowest BCUT2D eigenvalue weighted by Gasteiger charge is -2.27. The molecule has 3 amide bonds. The van der Waals surface area contributed by atoms with Crippen LogP contribution >= 0.6 is 0 Å². The summed E-state index contributed by atoms with van der Waals surface area (Å²) in [7, 11) is 5.68. The predicted octanol–water partition coefficient (Wildman–Crippen LogP) is -0.581. The first-order valence-corrected chi connectivity index (χ1v) is 15.0. The normalized spacial score (nSPS) is 21.1. The molecule has 1 unspecified atom stereocenters. The van der Waals surface area contributed by atoms with E-state index in [1.807, 2.05) is 36.2 Å². The molecule has 3 fully saturated rings. The number of fused-ring (bicyclic) bond motifs is 1. The SMILES string of the molecule is CN(CC(=O)Nc1nc(NC(=O)CN(C)N2CCCC2)c2c(n1)NC(NC(=O)CN(C)N1CCCC1)N2)N1CCCC1. The number of amides is 3. The summed E-state index contributed by atoms with van der Waals surface area (Å²) in [6, 6.07) is 0. The van der Waals surface area contributed by atoms with E-state index in [1.165, 1.54) is 0 Å². The molecule has 1 atom stereocenters. The maximum absolute atomic E-state index is 13.0. The van der Waals surface area contributed by atoms with Crippen molar-refractivity contribution in [2.75, 3.05) is 101 Å². The number of rotatable bonds is 12. The molecule has 0 radical (unpaired) electrons. The zero-order valence-electron chi connectivity index (χ0n) is 25.0. The quantitative estimate of drug-likeness (QED) is 0.212. The third kappa shape index (κ3) is 7.81. The molecule has 0 spiro atoms. The van der Waals surface area contributed by atoms with Crippen LogP contribution in [0.5, 0.6) is 0 Å². The Morgan fingerprint density at radius 3 is 1.64 bits per heavy atom. The number of hydrazine groups is 3. The summed E-state index contributed by atoms with van der Waals surface area (Å²) < 4.78 is 0. The largest absolute Gasteiger partial charge is 0.342 e. The van der Waals surface area contributed by atoms with E-state index in [4.69, 9.17) is 0 Å². The number of likely N-dealkylation sites (N-methyl/N-ethyl adjacent to an activating group) is 3. The Morgan fingerprint density at radius 2 is 1.14 bits per heavy atom. The maximum Gasteiger partial charge on any atom is 0.242 e. The fraction of sp³-hybridized carbons (Fsp3) is 0.731. The van der Waals surface area contributed by atoms with Gasteiger partial charge in [0, 0.05) is 60.4 Å². The first kappa shape index (κ1) is 30.3. The molecule has 232 valence electrons. The van der Waals surface area contributed by atoms with Gasteiger partial charge >= 0.3 is 0 Å². The molecule has 3 saturated heterocycles. The summed E-state index contributed by atoms with van der Waals surface area (Å²) in [5.41, 5.74) is 0.442. The number of nitrogens with zero attached hydrogens (tertiary/aromatic N) is 8. The van der Waals surface area contributed by atoms with Crippen LogP contribution in [0.3, 0.4) is 0 Å². The molecule has 1 aromatic rings. The molecule has 4 aliphatic rings. The van der Waals surface area contributed by atoms with E-state index < -0.39 is 6.29 Å². The molecule has 16 heteroatoms. The number of hydrogen-bond donors (Lipinski definition) is 5. The molecule has 0 bridgehead atoms. The van der Waals surface area contributed by atoms with E-state index in [2.05, 4.69) is 51.6 Å². The number of carbonyl (C=O) groups excluding carboxylic acids is 3. The van der Waals surface area contributed by atoms with Gasteiger partial charge in [-0.2, -0.15) is 9.97 Å². The summed E-state index contributed by atoms with van der Waals surface area (Å²) in [5, 5.41) is 27.1. The molecule has 42 heavy (non-hydrogen) atoms. The Morgan fingerprint density at radius 1 is 0.690 bits per heavy atom. The van der Waals surface area contributed by atoms with Crippen molar-refractivity contribution in [3.63, 3.8) is 0 Å². The van der Waals surface area contributed by atoms with Gasteiger partial charge in [0.2, 0.25) is 23.7 Å². The van der Waals surface area contributed by atoms with Crippen LogP contribution in [0.2, 0.25) is 0 Å². The lowest BCUT2D eigenvalue weighted by atomic mass is 10.4. The molecular weight excluding hydrogens is 542 g/mol. The monoisotopic (exact) mass is 587 g/mol. The number of anilines is 4. The Balaban J connectivity index is 1.24. The second kappa shape index (κ2) is 13.9. The molecule has 1 aromatic heterocycles. The van der Waals surface area contributed by atoms with E-state index in [0.29, 0.717) is 11.5 Å². The zero-order valence-corrected chi connectivity index (χ0v) is 25.0. The van der Waals surface area contributed by atoms with Crippen LogP contribution in [0.1, 0.15) is 38.5 Å². The van der Waals surface area contributed by atoms with Gasteiger partial charge in [0.05, 0.1) is 19.6 Å².